The van der Waals surface area contributed by atoms with Crippen LogP contribution in [-0.4, -0.2) is 18.0 Å². The predicted octanol–water partition coefficient (Wildman–Crippen LogP) is 0.327. The topological polar surface area (TPSA) is 65.2 Å². The highest BCUT2D eigenvalue weighted by molar-refractivity contribution is 5.94. The van der Waals surface area contributed by atoms with E-state index in [1.807, 2.05) is 0 Å². The highest BCUT2D eigenvalue weighted by Gasteiger charge is 2.06. The molecule has 12 heavy (non-hydrogen) atoms. The van der Waals surface area contributed by atoms with Crippen LogP contribution in [0.5, 0.6) is 0 Å². The molecule has 1 aromatic rings. The second-order valence-electron chi connectivity index (χ2n) is 2.33. The summed E-state index contributed by atoms with van der Waals surface area (Å²) in [5, 5.41) is 0. The van der Waals surface area contributed by atoms with Crippen LogP contribution in [0.2, 0.25) is 0 Å². The van der Waals surface area contributed by atoms with E-state index in [2.05, 4.69) is 4.98 Å². The molecule has 0 bridgehead atoms. The summed E-state index contributed by atoms with van der Waals surface area (Å²) < 4.78 is 4.87. The van der Waals surface area contributed by atoms with Crippen molar-refractivity contribution >= 4 is 5.91 Å². The number of methoxy groups -OCH3 is 1. The number of ether oxygens (including phenoxy) is 1. The van der Waals surface area contributed by atoms with E-state index in [0.717, 1.165) is 0 Å². The molecule has 1 heterocycles. The molecule has 4 heteroatoms. The first-order valence-corrected chi connectivity index (χ1v) is 3.47. The molecule has 0 fully saturated rings. The number of nitrogens with two attached hydrogens (primary N) is 1. The molecule has 0 aliphatic rings. The average Bonchev–Trinajstić information content (AvgIpc) is 2.05. The van der Waals surface area contributed by atoms with E-state index in [1.54, 1.807) is 19.4 Å². The van der Waals surface area contributed by atoms with Gasteiger partial charge in [-0.05, 0) is 6.07 Å². The number of hydrogen-bond acceptors (Lipinski definition) is 3. The zero-order valence-electron chi connectivity index (χ0n) is 6.78. The highest BCUT2D eigenvalue weighted by Crippen LogP contribution is 2.06. The van der Waals surface area contributed by atoms with Crippen LogP contribution < -0.4 is 5.73 Å². The van der Waals surface area contributed by atoms with Gasteiger partial charge in [-0.2, -0.15) is 0 Å². The zero-order valence-corrected chi connectivity index (χ0v) is 6.78. The molecule has 0 aromatic carbocycles. The Morgan fingerprint density at radius 1 is 1.75 bits per heavy atom. The Balaban J connectivity index is 3.00. The molecular formula is C8H10N2O2. The minimum absolute atomic E-state index is 0.353. The van der Waals surface area contributed by atoms with Crippen molar-refractivity contribution in [1.82, 2.24) is 4.98 Å². The maximum Gasteiger partial charge on any atom is 0.249 e. The van der Waals surface area contributed by atoms with Crippen LogP contribution in [0.1, 0.15) is 15.9 Å². The van der Waals surface area contributed by atoms with Gasteiger partial charge in [0.15, 0.2) is 0 Å². The molecule has 0 radical (unpaired) electrons. The van der Waals surface area contributed by atoms with Crippen LogP contribution in [0, 0.1) is 0 Å². The van der Waals surface area contributed by atoms with Crippen molar-refractivity contribution in [2.75, 3.05) is 7.11 Å². The quantitative estimate of drug-likeness (QED) is 0.703. The van der Waals surface area contributed by atoms with Crippen molar-refractivity contribution in [3.8, 4) is 0 Å². The molecule has 0 unspecified atom stereocenters. The number of pyridine rings is 1. The monoisotopic (exact) mass is 166 g/mol. The largest absolute Gasteiger partial charge is 0.380 e. The van der Waals surface area contributed by atoms with Crippen molar-refractivity contribution in [2.24, 2.45) is 5.73 Å². The summed E-state index contributed by atoms with van der Waals surface area (Å²) in [6.45, 7) is 0.353. The predicted molar refractivity (Wildman–Crippen MR) is 43.5 cm³/mol. The molecule has 2 N–H and O–H groups in total. The number of carbonyl (C=O) groups is 1. The average molecular weight is 166 g/mol. The van der Waals surface area contributed by atoms with Crippen LogP contribution in [0.15, 0.2) is 18.5 Å². The van der Waals surface area contributed by atoms with Gasteiger partial charge in [-0.1, -0.05) is 0 Å². The van der Waals surface area contributed by atoms with Crippen molar-refractivity contribution < 1.29 is 9.53 Å². The first-order chi connectivity index (χ1) is 5.75. The van der Waals surface area contributed by atoms with E-state index < -0.39 is 5.91 Å². The standard InChI is InChI=1S/C8H10N2O2/c1-12-5-6-4-10-3-2-7(6)8(9)11/h2-4H,5H2,1H3,(H2,9,11). The third-order valence-electron chi connectivity index (χ3n) is 1.47. The number of carbonyl (C=O) groups excluding carboxylic acids is 1. The van der Waals surface area contributed by atoms with E-state index in [-0.39, 0.29) is 0 Å². The van der Waals surface area contributed by atoms with Crippen molar-refractivity contribution in [1.29, 1.82) is 0 Å². The number of hydrogen-bond donors (Lipinski definition) is 1. The smallest absolute Gasteiger partial charge is 0.249 e. The fourth-order valence-electron chi connectivity index (χ4n) is 0.938. The lowest BCUT2D eigenvalue weighted by Gasteiger charge is -2.03. The van der Waals surface area contributed by atoms with Crippen molar-refractivity contribution in [3.05, 3.63) is 29.6 Å². The van der Waals surface area contributed by atoms with Gasteiger partial charge in [0.25, 0.3) is 0 Å². The minimum Gasteiger partial charge on any atom is -0.380 e. The van der Waals surface area contributed by atoms with Crippen LogP contribution in [0.25, 0.3) is 0 Å². The normalized spacial score (nSPS) is 9.75. The maximum atomic E-state index is 10.8. The Bertz CT molecular complexity index is 286. The van der Waals surface area contributed by atoms with E-state index in [0.29, 0.717) is 17.7 Å². The summed E-state index contributed by atoms with van der Waals surface area (Å²) in [6.07, 6.45) is 3.10. The Kier molecular flexibility index (Phi) is 2.76. The molecule has 64 valence electrons. The van der Waals surface area contributed by atoms with Gasteiger partial charge >= 0.3 is 0 Å². The van der Waals surface area contributed by atoms with Gasteiger partial charge in [-0.25, -0.2) is 0 Å². The number of nitrogens with zero attached hydrogens (tertiary/aromatic N) is 1. The van der Waals surface area contributed by atoms with Gasteiger partial charge in [-0.3, -0.25) is 9.78 Å². The highest BCUT2D eigenvalue weighted by atomic mass is 16.5. The van der Waals surface area contributed by atoms with Gasteiger partial charge in [0.2, 0.25) is 5.91 Å². The number of rotatable bonds is 3. The molecule has 0 atom stereocenters. The minimum atomic E-state index is -0.454. The van der Waals surface area contributed by atoms with Crippen LogP contribution in [-0.2, 0) is 11.3 Å². The van der Waals surface area contributed by atoms with Gasteiger partial charge in [0.1, 0.15) is 0 Å². The summed E-state index contributed by atoms with van der Waals surface area (Å²) >= 11 is 0. The second-order valence-corrected chi connectivity index (χ2v) is 2.33. The van der Waals surface area contributed by atoms with Crippen molar-refractivity contribution in [2.45, 2.75) is 6.61 Å². The Morgan fingerprint density at radius 3 is 3.08 bits per heavy atom. The lowest BCUT2D eigenvalue weighted by molar-refractivity contribution is 0.0995. The van der Waals surface area contributed by atoms with Crippen LogP contribution in [0.4, 0.5) is 0 Å². The number of primary amides is 1. The lowest BCUT2D eigenvalue weighted by Crippen LogP contribution is -2.14. The SMILES string of the molecule is COCc1cnccc1C(N)=O. The molecule has 0 saturated carbocycles. The molecule has 1 rings (SSSR count). The first kappa shape index (κ1) is 8.67. The van der Waals surface area contributed by atoms with E-state index in [4.69, 9.17) is 10.5 Å². The summed E-state index contributed by atoms with van der Waals surface area (Å²) in [4.78, 5) is 14.7. The Morgan fingerprint density at radius 2 is 2.50 bits per heavy atom. The summed E-state index contributed by atoms with van der Waals surface area (Å²) in [5.41, 5.74) is 6.30. The van der Waals surface area contributed by atoms with Gasteiger partial charge in [0.05, 0.1) is 6.61 Å². The lowest BCUT2D eigenvalue weighted by atomic mass is 10.1. The Hall–Kier alpha value is -1.42. The number of amides is 1. The van der Waals surface area contributed by atoms with E-state index in [1.165, 1.54) is 6.20 Å². The summed E-state index contributed by atoms with van der Waals surface area (Å²) in [6, 6.07) is 1.58. The third kappa shape index (κ3) is 1.79. The molecule has 0 aliphatic carbocycles. The number of aromatic nitrogens is 1. The fraction of sp³-hybridized carbons (Fsp3) is 0.250. The first-order valence-electron chi connectivity index (χ1n) is 3.47. The molecule has 0 aliphatic heterocycles. The summed E-state index contributed by atoms with van der Waals surface area (Å²) in [7, 11) is 1.55. The third-order valence-corrected chi connectivity index (χ3v) is 1.47. The molecular weight excluding hydrogens is 156 g/mol. The van der Waals surface area contributed by atoms with Crippen LogP contribution >= 0.6 is 0 Å². The Labute approximate surface area is 70.4 Å². The van der Waals surface area contributed by atoms with Crippen molar-refractivity contribution in [3.63, 3.8) is 0 Å². The van der Waals surface area contributed by atoms with Gasteiger partial charge in [0, 0.05) is 30.6 Å². The summed E-state index contributed by atoms with van der Waals surface area (Å²) in [5.74, 6) is -0.454. The van der Waals surface area contributed by atoms with E-state index >= 15 is 0 Å². The fourth-order valence-corrected chi connectivity index (χ4v) is 0.938. The molecule has 0 saturated heterocycles. The molecule has 4 nitrogen and oxygen atoms in total. The molecule has 1 amide bonds. The maximum absolute atomic E-state index is 10.8. The van der Waals surface area contributed by atoms with Gasteiger partial charge < -0.3 is 10.5 Å². The second kappa shape index (κ2) is 3.82. The molecule has 0 spiro atoms. The van der Waals surface area contributed by atoms with Crippen LogP contribution in [0.3, 0.4) is 0 Å². The molecule has 1 aromatic heterocycles. The van der Waals surface area contributed by atoms with E-state index in [9.17, 15) is 4.79 Å². The van der Waals surface area contributed by atoms with Gasteiger partial charge in [-0.15, -0.1) is 0 Å². The zero-order chi connectivity index (χ0) is 8.97.